The number of hydrogen-bond donors (Lipinski definition) is 1. The number of nitrogens with zero attached hydrogens (tertiary/aromatic N) is 3. The van der Waals surface area contributed by atoms with Gasteiger partial charge in [-0.05, 0) is 12.8 Å². The second-order valence-electron chi connectivity index (χ2n) is 3.26. The van der Waals surface area contributed by atoms with Crippen LogP contribution in [0.5, 0.6) is 0 Å². The maximum atomic E-state index is 5.89. The Kier molecular flexibility index (Phi) is 1.81. The van der Waals surface area contributed by atoms with Crippen molar-refractivity contribution in [2.24, 2.45) is 0 Å². The zero-order chi connectivity index (χ0) is 9.54. The lowest BCUT2D eigenvalue weighted by Crippen LogP contribution is -1.99. The minimum Gasteiger partial charge on any atom is -0.359 e. The van der Waals surface area contributed by atoms with Gasteiger partial charge in [-0.25, -0.2) is 15.0 Å². The molecule has 2 heterocycles. The Hall–Kier alpha value is -0.940. The topological polar surface area (TPSA) is 50.7 Å². The molecule has 1 fully saturated rings. The largest absolute Gasteiger partial charge is 0.359 e. The molecule has 4 nitrogen and oxygen atoms in total. The molecule has 1 aliphatic carbocycles. The zero-order valence-electron chi connectivity index (χ0n) is 7.20. The minimum absolute atomic E-state index is 0.426. The molecule has 0 bridgehead atoms. The predicted octanol–water partition coefficient (Wildman–Crippen LogP) is 2.31. The van der Waals surface area contributed by atoms with Crippen LogP contribution in [0.25, 0.3) is 10.3 Å². The van der Waals surface area contributed by atoms with E-state index in [2.05, 4.69) is 20.3 Å². The normalized spacial score (nSPS) is 16.1. The van der Waals surface area contributed by atoms with Crippen LogP contribution in [-0.4, -0.2) is 21.0 Å². The van der Waals surface area contributed by atoms with Crippen molar-refractivity contribution in [3.8, 4) is 0 Å². The molecular weight excluding hydrogens is 220 g/mol. The molecule has 0 saturated heterocycles. The summed E-state index contributed by atoms with van der Waals surface area (Å²) in [6.45, 7) is 0. The maximum absolute atomic E-state index is 5.89. The summed E-state index contributed by atoms with van der Waals surface area (Å²) in [4.78, 5) is 13.2. The van der Waals surface area contributed by atoms with Crippen LogP contribution >= 0.6 is 22.9 Å². The van der Waals surface area contributed by atoms with Gasteiger partial charge < -0.3 is 5.32 Å². The van der Waals surface area contributed by atoms with Crippen molar-refractivity contribution in [1.29, 1.82) is 0 Å². The fraction of sp³-hybridized carbons (Fsp3) is 0.375. The SMILES string of the molecule is Clc1ncnc2sc(NC3CC3)nc12. The van der Waals surface area contributed by atoms with Gasteiger partial charge in [0.15, 0.2) is 10.3 Å². The molecule has 0 aromatic carbocycles. The highest BCUT2D eigenvalue weighted by Gasteiger charge is 2.22. The molecule has 6 heteroatoms. The summed E-state index contributed by atoms with van der Waals surface area (Å²) in [5, 5.41) is 4.63. The summed E-state index contributed by atoms with van der Waals surface area (Å²) in [6, 6.07) is 0.599. The molecule has 0 amide bonds. The predicted molar refractivity (Wildman–Crippen MR) is 56.9 cm³/mol. The number of fused-ring (bicyclic) bond motifs is 1. The van der Waals surface area contributed by atoms with Crippen LogP contribution < -0.4 is 5.32 Å². The third-order valence-electron chi connectivity index (χ3n) is 2.06. The van der Waals surface area contributed by atoms with Gasteiger partial charge in [-0.3, -0.25) is 0 Å². The standard InChI is InChI=1S/C8H7ClN4S/c9-6-5-7(11-3-10-6)14-8(13-5)12-4-1-2-4/h3-4H,1-2H2,(H,12,13). The van der Waals surface area contributed by atoms with Crippen molar-refractivity contribution in [3.05, 3.63) is 11.5 Å². The Labute approximate surface area is 89.4 Å². The Morgan fingerprint density at radius 3 is 3.00 bits per heavy atom. The van der Waals surface area contributed by atoms with Gasteiger partial charge in [0, 0.05) is 6.04 Å². The molecule has 0 radical (unpaired) electrons. The summed E-state index contributed by atoms with van der Waals surface area (Å²) in [6.07, 6.45) is 3.93. The third-order valence-corrected chi connectivity index (χ3v) is 3.23. The number of rotatable bonds is 2. The first-order valence-electron chi connectivity index (χ1n) is 4.36. The van der Waals surface area contributed by atoms with Crippen LogP contribution in [0.1, 0.15) is 12.8 Å². The monoisotopic (exact) mass is 226 g/mol. The van der Waals surface area contributed by atoms with Gasteiger partial charge in [0.2, 0.25) is 0 Å². The van der Waals surface area contributed by atoms with E-state index in [-0.39, 0.29) is 0 Å². The third kappa shape index (κ3) is 1.42. The molecule has 2 aromatic heterocycles. The number of aromatic nitrogens is 3. The summed E-state index contributed by atoms with van der Waals surface area (Å²) in [5.41, 5.74) is 0.697. The van der Waals surface area contributed by atoms with Gasteiger partial charge in [-0.1, -0.05) is 22.9 Å². The van der Waals surface area contributed by atoms with Gasteiger partial charge >= 0.3 is 0 Å². The van der Waals surface area contributed by atoms with E-state index in [0.717, 1.165) is 9.96 Å². The molecule has 1 aliphatic rings. The smallest absolute Gasteiger partial charge is 0.185 e. The Morgan fingerprint density at radius 1 is 1.43 bits per heavy atom. The van der Waals surface area contributed by atoms with Crippen molar-refractivity contribution < 1.29 is 0 Å². The number of hydrogen-bond acceptors (Lipinski definition) is 5. The molecule has 0 spiro atoms. The van der Waals surface area contributed by atoms with Crippen molar-refractivity contribution in [2.75, 3.05) is 5.32 Å². The van der Waals surface area contributed by atoms with Crippen molar-refractivity contribution in [1.82, 2.24) is 15.0 Å². The Morgan fingerprint density at radius 2 is 2.29 bits per heavy atom. The highest BCUT2D eigenvalue weighted by Crippen LogP contribution is 2.31. The van der Waals surface area contributed by atoms with Crippen LogP contribution in [0.2, 0.25) is 5.15 Å². The highest BCUT2D eigenvalue weighted by molar-refractivity contribution is 7.21. The van der Waals surface area contributed by atoms with Crippen molar-refractivity contribution in [3.63, 3.8) is 0 Å². The molecule has 3 rings (SSSR count). The molecule has 14 heavy (non-hydrogen) atoms. The zero-order valence-corrected chi connectivity index (χ0v) is 8.77. The van der Waals surface area contributed by atoms with E-state index in [1.807, 2.05) is 0 Å². The number of anilines is 1. The van der Waals surface area contributed by atoms with E-state index in [1.54, 1.807) is 0 Å². The van der Waals surface area contributed by atoms with Gasteiger partial charge in [-0.2, -0.15) is 0 Å². The first-order valence-corrected chi connectivity index (χ1v) is 5.56. The molecule has 1 saturated carbocycles. The molecule has 0 aliphatic heterocycles. The van der Waals surface area contributed by atoms with Crippen LogP contribution in [-0.2, 0) is 0 Å². The quantitative estimate of drug-likeness (QED) is 0.799. The average Bonchev–Trinajstić information content (AvgIpc) is 2.84. The van der Waals surface area contributed by atoms with Gasteiger partial charge in [0.25, 0.3) is 0 Å². The fourth-order valence-corrected chi connectivity index (χ4v) is 2.31. The summed E-state index contributed by atoms with van der Waals surface area (Å²) in [7, 11) is 0. The summed E-state index contributed by atoms with van der Waals surface area (Å²) in [5.74, 6) is 0. The Bertz CT molecular complexity index is 479. The molecular formula is C8H7ClN4S. The lowest BCUT2D eigenvalue weighted by molar-refractivity contribution is 1.14. The van der Waals surface area contributed by atoms with E-state index >= 15 is 0 Å². The molecule has 1 N–H and O–H groups in total. The van der Waals surface area contributed by atoms with Crippen LogP contribution in [0, 0.1) is 0 Å². The van der Waals surface area contributed by atoms with E-state index in [1.165, 1.54) is 30.5 Å². The highest BCUT2D eigenvalue weighted by atomic mass is 35.5. The van der Waals surface area contributed by atoms with E-state index in [9.17, 15) is 0 Å². The molecule has 0 unspecified atom stereocenters. The fourth-order valence-electron chi connectivity index (χ4n) is 1.19. The first-order chi connectivity index (χ1) is 6.83. The molecule has 72 valence electrons. The maximum Gasteiger partial charge on any atom is 0.185 e. The summed E-state index contributed by atoms with van der Waals surface area (Å²) >= 11 is 7.41. The molecule has 2 aromatic rings. The van der Waals surface area contributed by atoms with Crippen molar-refractivity contribution in [2.45, 2.75) is 18.9 Å². The van der Waals surface area contributed by atoms with Gasteiger partial charge in [-0.15, -0.1) is 0 Å². The minimum atomic E-state index is 0.426. The average molecular weight is 227 g/mol. The van der Waals surface area contributed by atoms with E-state index < -0.39 is 0 Å². The number of nitrogens with one attached hydrogen (secondary N) is 1. The Balaban J connectivity index is 2.05. The van der Waals surface area contributed by atoms with Crippen molar-refractivity contribution >= 4 is 38.4 Å². The summed E-state index contributed by atoms with van der Waals surface area (Å²) < 4.78 is 0. The second-order valence-corrected chi connectivity index (χ2v) is 4.59. The number of halogens is 1. The van der Waals surface area contributed by atoms with Gasteiger partial charge in [0.1, 0.15) is 16.7 Å². The van der Waals surface area contributed by atoms with Crippen LogP contribution in [0.15, 0.2) is 6.33 Å². The van der Waals surface area contributed by atoms with Crippen LogP contribution in [0.3, 0.4) is 0 Å². The second kappa shape index (κ2) is 3.03. The lowest BCUT2D eigenvalue weighted by Gasteiger charge is -1.94. The van der Waals surface area contributed by atoms with E-state index in [4.69, 9.17) is 11.6 Å². The van der Waals surface area contributed by atoms with Gasteiger partial charge in [0.05, 0.1) is 0 Å². The number of thiazole rings is 1. The van der Waals surface area contributed by atoms with E-state index in [0.29, 0.717) is 16.7 Å². The molecule has 0 atom stereocenters. The van der Waals surface area contributed by atoms with Crippen LogP contribution in [0.4, 0.5) is 5.13 Å². The lowest BCUT2D eigenvalue weighted by atomic mass is 10.6. The first kappa shape index (κ1) is 8.38.